The molecule has 6 heteroatoms. The molecule has 0 unspecified atom stereocenters. The maximum Gasteiger partial charge on any atom is 0.175 e. The van der Waals surface area contributed by atoms with Gasteiger partial charge in [0, 0.05) is 21.1 Å². The molecule has 0 aliphatic carbocycles. The second kappa shape index (κ2) is 5.88. The summed E-state index contributed by atoms with van der Waals surface area (Å²) in [6.45, 7) is 0. The minimum atomic E-state index is -3.19. The van der Waals surface area contributed by atoms with Crippen LogP contribution in [0.5, 0.6) is 0 Å². The van der Waals surface area contributed by atoms with Gasteiger partial charge in [0.2, 0.25) is 0 Å². The number of hydrogen-bond acceptors (Lipinski definition) is 4. The van der Waals surface area contributed by atoms with Crippen molar-refractivity contribution in [3.8, 4) is 6.07 Å². The zero-order chi connectivity index (χ0) is 14.8. The molecule has 0 heterocycles. The summed E-state index contributed by atoms with van der Waals surface area (Å²) in [6, 6.07) is 13.7. The van der Waals surface area contributed by atoms with Crippen LogP contribution in [0.3, 0.4) is 0 Å². The largest absolute Gasteiger partial charge is 0.224 e. The number of rotatable bonds is 3. The maximum atomic E-state index is 11.4. The maximum absolute atomic E-state index is 11.4. The lowest BCUT2D eigenvalue weighted by Gasteiger charge is -2.05. The zero-order valence-electron chi connectivity index (χ0n) is 10.5. The summed E-state index contributed by atoms with van der Waals surface area (Å²) in [5.74, 6) is 0. The van der Waals surface area contributed by atoms with E-state index in [9.17, 15) is 8.42 Å². The first kappa shape index (κ1) is 14.9. The fourth-order valence-electron chi connectivity index (χ4n) is 1.56. The van der Waals surface area contributed by atoms with Crippen LogP contribution in [-0.4, -0.2) is 14.7 Å². The molecular weight excluding hydrogens is 314 g/mol. The summed E-state index contributed by atoms with van der Waals surface area (Å²) in [6.07, 6.45) is 1.17. The van der Waals surface area contributed by atoms with Gasteiger partial charge in [-0.25, -0.2) is 8.42 Å². The predicted molar refractivity (Wildman–Crippen MR) is 79.8 cm³/mol. The van der Waals surface area contributed by atoms with Crippen molar-refractivity contribution in [3.63, 3.8) is 0 Å². The molecule has 0 spiro atoms. The van der Waals surface area contributed by atoms with Crippen LogP contribution < -0.4 is 0 Å². The van der Waals surface area contributed by atoms with E-state index in [2.05, 4.69) is 6.07 Å². The Morgan fingerprint density at radius 2 is 1.80 bits per heavy atom. The number of benzene rings is 2. The third kappa shape index (κ3) is 3.54. The van der Waals surface area contributed by atoms with Crippen LogP contribution in [0.25, 0.3) is 0 Å². The van der Waals surface area contributed by atoms with E-state index in [4.69, 9.17) is 16.9 Å². The molecule has 0 amide bonds. The fourth-order valence-corrected chi connectivity index (χ4v) is 3.24. The Kier molecular flexibility index (Phi) is 4.39. The molecule has 0 atom stereocenters. The second-order valence-corrected chi connectivity index (χ2v) is 7.67. The third-order valence-electron chi connectivity index (χ3n) is 2.54. The fraction of sp³-hybridized carbons (Fsp3) is 0.0714. The van der Waals surface area contributed by atoms with Crippen molar-refractivity contribution in [2.75, 3.05) is 6.26 Å². The molecule has 3 nitrogen and oxygen atoms in total. The number of nitriles is 1. The van der Waals surface area contributed by atoms with Crippen LogP contribution in [0.2, 0.25) is 5.02 Å². The van der Waals surface area contributed by atoms with E-state index in [1.54, 1.807) is 42.5 Å². The number of sulfone groups is 1. The van der Waals surface area contributed by atoms with Crippen LogP contribution in [0.15, 0.2) is 57.2 Å². The van der Waals surface area contributed by atoms with Gasteiger partial charge in [-0.15, -0.1) is 0 Å². The highest BCUT2D eigenvalue weighted by molar-refractivity contribution is 7.99. The van der Waals surface area contributed by atoms with Crippen LogP contribution in [0.1, 0.15) is 5.56 Å². The van der Waals surface area contributed by atoms with E-state index in [-0.39, 0.29) is 4.90 Å². The van der Waals surface area contributed by atoms with Crippen molar-refractivity contribution in [3.05, 3.63) is 53.1 Å². The van der Waals surface area contributed by atoms with E-state index in [0.29, 0.717) is 10.6 Å². The van der Waals surface area contributed by atoms with Crippen molar-refractivity contribution in [2.45, 2.75) is 14.7 Å². The van der Waals surface area contributed by atoms with E-state index >= 15 is 0 Å². The highest BCUT2D eigenvalue weighted by Gasteiger charge is 2.08. The lowest BCUT2D eigenvalue weighted by Crippen LogP contribution is -1.95. The standard InChI is InChI=1S/C14H10ClNO2S2/c1-20(17,18)13-5-3-12(4-6-13)19-14-7-2-11(15)8-10(14)9-16/h2-8H,1H3. The molecule has 0 radical (unpaired) electrons. The monoisotopic (exact) mass is 323 g/mol. The minimum Gasteiger partial charge on any atom is -0.224 e. The van der Waals surface area contributed by atoms with Gasteiger partial charge in [0.15, 0.2) is 9.84 Å². The van der Waals surface area contributed by atoms with Crippen molar-refractivity contribution >= 4 is 33.2 Å². The van der Waals surface area contributed by atoms with Crippen molar-refractivity contribution < 1.29 is 8.42 Å². The molecule has 0 aliphatic rings. The average molecular weight is 324 g/mol. The van der Waals surface area contributed by atoms with Gasteiger partial charge in [0.05, 0.1) is 10.5 Å². The van der Waals surface area contributed by atoms with E-state index in [1.165, 1.54) is 18.0 Å². The summed E-state index contributed by atoms with van der Waals surface area (Å²) in [7, 11) is -3.19. The molecule has 0 fully saturated rings. The van der Waals surface area contributed by atoms with Gasteiger partial charge in [-0.1, -0.05) is 23.4 Å². The van der Waals surface area contributed by atoms with E-state index < -0.39 is 9.84 Å². The van der Waals surface area contributed by atoms with Crippen LogP contribution >= 0.6 is 23.4 Å². The molecule has 20 heavy (non-hydrogen) atoms. The third-order valence-corrected chi connectivity index (χ3v) is 4.99. The Morgan fingerprint density at radius 1 is 1.15 bits per heavy atom. The van der Waals surface area contributed by atoms with Crippen molar-refractivity contribution in [1.82, 2.24) is 0 Å². The highest BCUT2D eigenvalue weighted by Crippen LogP contribution is 2.32. The lowest BCUT2D eigenvalue weighted by molar-refractivity contribution is 0.602. The molecule has 2 aromatic carbocycles. The van der Waals surface area contributed by atoms with Gasteiger partial charge in [-0.05, 0) is 42.5 Å². The second-order valence-electron chi connectivity index (χ2n) is 4.10. The van der Waals surface area contributed by atoms with Gasteiger partial charge in [-0.3, -0.25) is 0 Å². The topological polar surface area (TPSA) is 57.9 Å². The van der Waals surface area contributed by atoms with E-state index in [0.717, 1.165) is 9.79 Å². The molecule has 0 N–H and O–H groups in total. The number of halogens is 1. The molecule has 0 aliphatic heterocycles. The van der Waals surface area contributed by atoms with E-state index in [1.807, 2.05) is 0 Å². The number of nitrogens with zero attached hydrogens (tertiary/aromatic N) is 1. The Balaban J connectivity index is 2.30. The normalized spacial score (nSPS) is 11.1. The first-order valence-electron chi connectivity index (χ1n) is 5.58. The van der Waals surface area contributed by atoms with Gasteiger partial charge in [0.1, 0.15) is 6.07 Å². The smallest absolute Gasteiger partial charge is 0.175 e. The molecule has 0 saturated carbocycles. The summed E-state index contributed by atoms with van der Waals surface area (Å²) in [5, 5.41) is 9.58. The lowest BCUT2D eigenvalue weighted by atomic mass is 10.2. The molecule has 2 aromatic rings. The first-order valence-corrected chi connectivity index (χ1v) is 8.66. The number of hydrogen-bond donors (Lipinski definition) is 0. The van der Waals surface area contributed by atoms with Crippen LogP contribution in [0.4, 0.5) is 0 Å². The Labute approximate surface area is 127 Å². The molecule has 0 saturated heterocycles. The molecular formula is C14H10ClNO2S2. The summed E-state index contributed by atoms with van der Waals surface area (Å²) < 4.78 is 22.8. The molecule has 0 bridgehead atoms. The van der Waals surface area contributed by atoms with Crippen LogP contribution in [0, 0.1) is 11.3 Å². The Hall–Kier alpha value is -1.48. The van der Waals surface area contributed by atoms with Gasteiger partial charge in [0.25, 0.3) is 0 Å². The highest BCUT2D eigenvalue weighted by atomic mass is 35.5. The van der Waals surface area contributed by atoms with Gasteiger partial charge >= 0.3 is 0 Å². The molecule has 2 rings (SSSR count). The van der Waals surface area contributed by atoms with Gasteiger partial charge < -0.3 is 0 Å². The summed E-state index contributed by atoms with van der Waals surface area (Å²) in [4.78, 5) is 1.92. The van der Waals surface area contributed by atoms with Crippen molar-refractivity contribution in [1.29, 1.82) is 5.26 Å². The average Bonchev–Trinajstić information content (AvgIpc) is 2.40. The van der Waals surface area contributed by atoms with Crippen molar-refractivity contribution in [2.24, 2.45) is 0 Å². The first-order chi connectivity index (χ1) is 9.40. The zero-order valence-corrected chi connectivity index (χ0v) is 12.9. The quantitative estimate of drug-likeness (QED) is 0.862. The SMILES string of the molecule is CS(=O)(=O)c1ccc(Sc2ccc(Cl)cc2C#N)cc1. The minimum absolute atomic E-state index is 0.276. The summed E-state index contributed by atoms with van der Waals surface area (Å²) in [5.41, 5.74) is 0.495. The molecule has 0 aromatic heterocycles. The predicted octanol–water partition coefficient (Wildman–Crippen LogP) is 3.77. The summed E-state index contributed by atoms with van der Waals surface area (Å²) >= 11 is 7.23. The Morgan fingerprint density at radius 3 is 2.35 bits per heavy atom. The van der Waals surface area contributed by atoms with Gasteiger partial charge in [-0.2, -0.15) is 5.26 Å². The Bertz CT molecular complexity index is 778. The molecule has 102 valence electrons. The van der Waals surface area contributed by atoms with Crippen LogP contribution in [-0.2, 0) is 9.84 Å².